The molecule has 11 heteroatoms. The molecule has 0 aromatic carbocycles. The van der Waals surface area contributed by atoms with E-state index in [4.69, 9.17) is 14.7 Å². The van der Waals surface area contributed by atoms with E-state index in [9.17, 15) is 10.1 Å². The molecule has 0 atom stereocenters. The lowest BCUT2D eigenvalue weighted by Gasteiger charge is -2.17. The van der Waals surface area contributed by atoms with E-state index in [1.807, 2.05) is 29.0 Å². The molecule has 0 spiro atoms. The molecule has 36 heavy (non-hydrogen) atoms. The number of carbonyl (C=O) groups is 1. The van der Waals surface area contributed by atoms with Gasteiger partial charge in [-0.2, -0.15) is 5.26 Å². The largest absolute Gasteiger partial charge is 0.361 e. The van der Waals surface area contributed by atoms with Gasteiger partial charge in [-0.3, -0.25) is 4.79 Å². The maximum atomic E-state index is 11.7. The minimum Gasteiger partial charge on any atom is -0.361 e. The van der Waals surface area contributed by atoms with E-state index in [2.05, 4.69) is 51.9 Å². The summed E-state index contributed by atoms with van der Waals surface area (Å²) in [5, 5.41) is 15.6. The molecule has 1 amide bonds. The molecule has 0 radical (unpaired) electrons. The number of nitrogens with zero attached hydrogens (tertiary/aromatic N) is 5. The zero-order valence-electron chi connectivity index (χ0n) is 20.8. The van der Waals surface area contributed by atoms with Crippen LogP contribution in [0.25, 0.3) is 32.9 Å². The lowest BCUT2D eigenvalue weighted by Crippen LogP contribution is -2.22. The van der Waals surface area contributed by atoms with Crippen molar-refractivity contribution in [2.75, 3.05) is 11.9 Å². The van der Waals surface area contributed by atoms with Crippen LogP contribution in [-0.2, 0) is 16.3 Å². The number of thiazole rings is 1. The molecule has 0 aliphatic carbocycles. The number of aryl methyl sites for hydroxylation is 1. The molecule has 0 aliphatic heterocycles. The smallest absolute Gasteiger partial charge is 0.222 e. The predicted octanol–water partition coefficient (Wildman–Crippen LogP) is 6.44. The molecule has 0 aliphatic rings. The summed E-state index contributed by atoms with van der Waals surface area (Å²) >= 11 is 5.00. The van der Waals surface area contributed by atoms with Crippen LogP contribution in [0.1, 0.15) is 18.2 Å². The van der Waals surface area contributed by atoms with Gasteiger partial charge in [0.25, 0.3) is 0 Å². The van der Waals surface area contributed by atoms with E-state index >= 15 is 0 Å². The highest BCUT2D eigenvalue weighted by atomic mass is 79.9. The van der Waals surface area contributed by atoms with Gasteiger partial charge in [0.1, 0.15) is 33.7 Å². The first-order chi connectivity index (χ1) is 17.1. The summed E-state index contributed by atoms with van der Waals surface area (Å²) in [6.07, 6.45) is 1.65. The molecule has 4 rings (SSSR count). The number of hydrogen-bond acceptors (Lipinski definition) is 7. The molecule has 0 bridgehead atoms. The van der Waals surface area contributed by atoms with Crippen molar-refractivity contribution >= 4 is 58.1 Å². The monoisotopic (exact) mass is 582 g/mol. The van der Waals surface area contributed by atoms with E-state index in [1.165, 1.54) is 18.3 Å². The predicted molar refractivity (Wildman–Crippen MR) is 150 cm³/mol. The van der Waals surface area contributed by atoms with Crippen molar-refractivity contribution in [3.05, 3.63) is 45.6 Å². The molecular formula is C25H27BrN6O2SSi. The maximum absolute atomic E-state index is 11.7. The van der Waals surface area contributed by atoms with Crippen molar-refractivity contribution in [1.82, 2.24) is 19.5 Å². The molecule has 8 nitrogen and oxygen atoms in total. The molecule has 0 unspecified atom stereocenters. The molecule has 0 saturated heterocycles. The van der Waals surface area contributed by atoms with Gasteiger partial charge in [0.2, 0.25) is 5.91 Å². The molecule has 1 N–H and O–H groups in total. The Bertz CT molecular complexity index is 1480. The third kappa shape index (κ3) is 5.73. The van der Waals surface area contributed by atoms with E-state index in [-0.39, 0.29) is 12.6 Å². The van der Waals surface area contributed by atoms with Gasteiger partial charge in [-0.1, -0.05) is 19.6 Å². The first-order valence-corrected chi connectivity index (χ1v) is 16.8. The first kappa shape index (κ1) is 26.2. The van der Waals surface area contributed by atoms with Crippen LogP contribution in [0.2, 0.25) is 25.7 Å². The average molecular weight is 584 g/mol. The molecular weight excluding hydrogens is 556 g/mol. The standard InChI is InChI=1S/C25H27BrN6O2SSi/c1-15-13-35-25(29-15)21-22-24(18(12-27)10-19(26)31-22)32(14-34-8-9-36(3,4)5)23(21)17-6-7-28-20(11-17)30-16(2)33/h6-7,10-11,13H,8-9,14H2,1-5H3,(H,28,30,33). The number of nitrogens with one attached hydrogen (secondary N) is 1. The number of hydrogen-bond donors (Lipinski definition) is 1. The van der Waals surface area contributed by atoms with Crippen LogP contribution in [0.3, 0.4) is 0 Å². The quantitative estimate of drug-likeness (QED) is 0.146. The number of aromatic nitrogens is 4. The Morgan fingerprint density at radius 2 is 2.08 bits per heavy atom. The second kappa shape index (κ2) is 10.6. The third-order valence-electron chi connectivity index (χ3n) is 5.48. The van der Waals surface area contributed by atoms with Crippen molar-refractivity contribution in [2.24, 2.45) is 0 Å². The van der Waals surface area contributed by atoms with Crippen molar-refractivity contribution < 1.29 is 9.53 Å². The number of fused-ring (bicyclic) bond motifs is 1. The Balaban J connectivity index is 2.00. The number of nitriles is 1. The second-order valence-electron chi connectivity index (χ2n) is 9.71. The number of carbonyl (C=O) groups excluding carboxylic acids is 1. The fourth-order valence-corrected chi connectivity index (χ4v) is 5.87. The number of ether oxygens (including phenoxy) is 1. The van der Waals surface area contributed by atoms with Gasteiger partial charge in [-0.25, -0.2) is 15.0 Å². The van der Waals surface area contributed by atoms with Crippen molar-refractivity contribution in [2.45, 2.75) is 46.3 Å². The molecule has 4 heterocycles. The van der Waals surface area contributed by atoms with Gasteiger partial charge >= 0.3 is 0 Å². The van der Waals surface area contributed by atoms with E-state index < -0.39 is 8.07 Å². The summed E-state index contributed by atoms with van der Waals surface area (Å²) in [7, 11) is -1.28. The SMILES string of the molecule is CC(=O)Nc1cc(-c2c(-c3nc(C)cs3)c3nc(Br)cc(C#N)c3n2COCC[Si](C)(C)C)ccn1. The van der Waals surface area contributed by atoms with Gasteiger partial charge in [-0.15, -0.1) is 11.3 Å². The summed E-state index contributed by atoms with van der Waals surface area (Å²) in [6, 6.07) is 8.77. The van der Waals surface area contributed by atoms with Gasteiger partial charge in [-0.05, 0) is 47.1 Å². The zero-order chi connectivity index (χ0) is 26.0. The summed E-state index contributed by atoms with van der Waals surface area (Å²) in [5.74, 6) is 0.232. The van der Waals surface area contributed by atoms with Crippen LogP contribution in [0, 0.1) is 18.3 Å². The van der Waals surface area contributed by atoms with Gasteiger partial charge in [0.05, 0.1) is 22.3 Å². The molecule has 0 fully saturated rings. The Morgan fingerprint density at radius 3 is 2.72 bits per heavy atom. The minimum absolute atomic E-state index is 0.206. The highest BCUT2D eigenvalue weighted by Gasteiger charge is 2.26. The van der Waals surface area contributed by atoms with Gasteiger partial charge < -0.3 is 14.6 Å². The van der Waals surface area contributed by atoms with E-state index in [0.717, 1.165) is 33.6 Å². The Hall–Kier alpha value is -2.91. The fourth-order valence-electron chi connectivity index (χ4n) is 3.86. The summed E-state index contributed by atoms with van der Waals surface area (Å²) in [5.41, 5.74) is 5.16. The number of rotatable bonds is 8. The fraction of sp³-hybridized carbons (Fsp3) is 0.320. The highest BCUT2D eigenvalue weighted by molar-refractivity contribution is 9.10. The van der Waals surface area contributed by atoms with Gasteiger partial charge in [0, 0.05) is 44.4 Å². The zero-order valence-corrected chi connectivity index (χ0v) is 24.2. The molecule has 186 valence electrons. The van der Waals surface area contributed by atoms with Crippen molar-refractivity contribution in [1.29, 1.82) is 5.26 Å². The van der Waals surface area contributed by atoms with Crippen LogP contribution < -0.4 is 5.32 Å². The van der Waals surface area contributed by atoms with Crippen LogP contribution in [0.15, 0.2) is 34.4 Å². The molecule has 0 saturated carbocycles. The Labute approximate surface area is 223 Å². The van der Waals surface area contributed by atoms with Crippen molar-refractivity contribution in [3.8, 4) is 27.9 Å². The van der Waals surface area contributed by atoms with Crippen molar-refractivity contribution in [3.63, 3.8) is 0 Å². The topological polar surface area (TPSA) is 106 Å². The average Bonchev–Trinajstić information content (AvgIpc) is 3.36. The number of halogens is 1. The highest BCUT2D eigenvalue weighted by Crippen LogP contribution is 2.43. The van der Waals surface area contributed by atoms with Gasteiger partial charge in [0.15, 0.2) is 0 Å². The molecule has 4 aromatic heterocycles. The lowest BCUT2D eigenvalue weighted by atomic mass is 10.1. The second-order valence-corrected chi connectivity index (χ2v) is 17.0. The van der Waals surface area contributed by atoms with Crippen LogP contribution in [0.4, 0.5) is 5.82 Å². The van der Waals surface area contributed by atoms with Crippen LogP contribution in [0.5, 0.6) is 0 Å². The summed E-state index contributed by atoms with van der Waals surface area (Å²) in [4.78, 5) is 25.5. The number of pyridine rings is 2. The lowest BCUT2D eigenvalue weighted by molar-refractivity contribution is -0.114. The van der Waals surface area contributed by atoms with Crippen LogP contribution in [-0.4, -0.2) is 40.1 Å². The maximum Gasteiger partial charge on any atom is 0.222 e. The Morgan fingerprint density at radius 1 is 1.31 bits per heavy atom. The third-order valence-corrected chi connectivity index (χ3v) is 8.57. The first-order valence-electron chi connectivity index (χ1n) is 11.4. The van der Waals surface area contributed by atoms with E-state index in [0.29, 0.717) is 33.6 Å². The van der Waals surface area contributed by atoms with Crippen LogP contribution >= 0.6 is 27.3 Å². The van der Waals surface area contributed by atoms with E-state index in [1.54, 1.807) is 12.3 Å². The Kier molecular flexibility index (Phi) is 7.70. The summed E-state index contributed by atoms with van der Waals surface area (Å²) in [6.45, 7) is 11.2. The minimum atomic E-state index is -1.28. The normalized spacial score (nSPS) is 11.6. The molecule has 4 aromatic rings. The summed E-state index contributed by atoms with van der Waals surface area (Å²) < 4.78 is 8.76. The number of anilines is 1. The number of amides is 1.